The topological polar surface area (TPSA) is 230 Å². The van der Waals surface area contributed by atoms with Gasteiger partial charge < -0.3 is 46.9 Å². The number of nitrogens with two attached hydrogens (primary N) is 2. The SMILES string of the molecule is CC(O)[C@H](NC(=O)NC(/C=C/C(N)O)c1nnc([C@@H](N)CO)o1)C(=O)O. The van der Waals surface area contributed by atoms with E-state index in [1.165, 1.54) is 13.0 Å². The van der Waals surface area contributed by atoms with Crippen molar-refractivity contribution in [3.8, 4) is 0 Å². The molecule has 1 aromatic rings. The van der Waals surface area contributed by atoms with Gasteiger partial charge in [-0.1, -0.05) is 6.08 Å². The Balaban J connectivity index is 2.95. The zero-order valence-electron chi connectivity index (χ0n) is 13.8. The van der Waals surface area contributed by atoms with E-state index in [-0.39, 0.29) is 11.8 Å². The lowest BCUT2D eigenvalue weighted by Crippen LogP contribution is -2.51. The molecule has 3 unspecified atom stereocenters. The van der Waals surface area contributed by atoms with E-state index >= 15 is 0 Å². The molecule has 0 aliphatic carbocycles. The summed E-state index contributed by atoms with van der Waals surface area (Å²) in [5.74, 6) is -1.68. The summed E-state index contributed by atoms with van der Waals surface area (Å²) in [5.41, 5.74) is 10.7. The van der Waals surface area contributed by atoms with Crippen LogP contribution in [0.3, 0.4) is 0 Å². The van der Waals surface area contributed by atoms with Crippen LogP contribution < -0.4 is 22.1 Å². The van der Waals surface area contributed by atoms with Crippen LogP contribution in [0.4, 0.5) is 4.79 Å². The maximum absolute atomic E-state index is 12.0. The van der Waals surface area contributed by atoms with E-state index in [4.69, 9.17) is 31.2 Å². The molecule has 0 aromatic carbocycles. The second kappa shape index (κ2) is 9.79. The van der Waals surface area contributed by atoms with Gasteiger partial charge in [0, 0.05) is 0 Å². The maximum Gasteiger partial charge on any atom is 0.328 e. The normalized spacial score (nSPS) is 17.3. The largest absolute Gasteiger partial charge is 0.480 e. The van der Waals surface area contributed by atoms with E-state index in [0.717, 1.165) is 6.08 Å². The van der Waals surface area contributed by atoms with Gasteiger partial charge in [-0.25, -0.2) is 9.59 Å². The number of carbonyl (C=O) groups is 2. The summed E-state index contributed by atoms with van der Waals surface area (Å²) in [6.07, 6.45) is -0.349. The van der Waals surface area contributed by atoms with Crippen LogP contribution in [0.25, 0.3) is 0 Å². The molecule has 1 heterocycles. The lowest BCUT2D eigenvalue weighted by molar-refractivity contribution is -0.141. The molecule has 0 fully saturated rings. The number of aliphatic hydroxyl groups excluding tert-OH is 3. The number of amides is 2. The number of nitrogens with zero attached hydrogens (tertiary/aromatic N) is 2. The fraction of sp³-hybridized carbons (Fsp3) is 0.538. The Bertz CT molecular complexity index is 632. The Hall–Kier alpha value is -2.58. The monoisotopic (exact) mass is 374 g/mol. The second-order valence-corrected chi connectivity index (χ2v) is 5.30. The minimum Gasteiger partial charge on any atom is -0.480 e. The summed E-state index contributed by atoms with van der Waals surface area (Å²) >= 11 is 0. The number of nitrogens with one attached hydrogen (secondary N) is 2. The van der Waals surface area contributed by atoms with Crippen molar-refractivity contribution in [1.82, 2.24) is 20.8 Å². The molecule has 10 N–H and O–H groups in total. The number of aliphatic hydroxyl groups is 3. The number of rotatable bonds is 9. The van der Waals surface area contributed by atoms with Gasteiger partial charge in [0.1, 0.15) is 18.3 Å². The van der Waals surface area contributed by atoms with Crippen molar-refractivity contribution in [3.05, 3.63) is 23.9 Å². The molecule has 5 atom stereocenters. The third-order valence-electron chi connectivity index (χ3n) is 3.06. The molecule has 0 aliphatic heterocycles. The van der Waals surface area contributed by atoms with E-state index < -0.39 is 49.1 Å². The van der Waals surface area contributed by atoms with Crippen molar-refractivity contribution < 1.29 is 34.4 Å². The van der Waals surface area contributed by atoms with Crippen LogP contribution in [0.5, 0.6) is 0 Å². The van der Waals surface area contributed by atoms with Crippen molar-refractivity contribution in [3.63, 3.8) is 0 Å². The van der Waals surface area contributed by atoms with Crippen LogP contribution in [-0.4, -0.2) is 67.6 Å². The van der Waals surface area contributed by atoms with E-state index in [2.05, 4.69) is 20.8 Å². The first-order valence-electron chi connectivity index (χ1n) is 7.45. The van der Waals surface area contributed by atoms with Crippen LogP contribution in [0, 0.1) is 0 Å². The molecule has 1 aromatic heterocycles. The third kappa shape index (κ3) is 6.38. The first-order chi connectivity index (χ1) is 12.1. The molecule has 146 valence electrons. The number of carbonyl (C=O) groups excluding carboxylic acids is 1. The van der Waals surface area contributed by atoms with Crippen LogP contribution in [0.15, 0.2) is 16.6 Å². The predicted octanol–water partition coefficient (Wildman–Crippen LogP) is -2.93. The van der Waals surface area contributed by atoms with Crippen LogP contribution in [-0.2, 0) is 4.79 Å². The highest BCUT2D eigenvalue weighted by Crippen LogP contribution is 2.16. The quantitative estimate of drug-likeness (QED) is 0.161. The van der Waals surface area contributed by atoms with Crippen LogP contribution >= 0.6 is 0 Å². The molecule has 13 heteroatoms. The molecule has 0 aliphatic rings. The third-order valence-corrected chi connectivity index (χ3v) is 3.06. The molecule has 0 bridgehead atoms. The molecule has 0 spiro atoms. The van der Waals surface area contributed by atoms with E-state index in [0.29, 0.717) is 0 Å². The maximum atomic E-state index is 12.0. The number of urea groups is 1. The lowest BCUT2D eigenvalue weighted by atomic mass is 10.2. The van der Waals surface area contributed by atoms with Gasteiger partial charge in [0.15, 0.2) is 6.04 Å². The molecule has 26 heavy (non-hydrogen) atoms. The fourth-order valence-electron chi connectivity index (χ4n) is 1.73. The van der Waals surface area contributed by atoms with Gasteiger partial charge in [-0.3, -0.25) is 0 Å². The van der Waals surface area contributed by atoms with E-state index in [1.54, 1.807) is 0 Å². The van der Waals surface area contributed by atoms with E-state index in [1.807, 2.05) is 0 Å². The molecule has 1 rings (SSSR count). The lowest BCUT2D eigenvalue weighted by Gasteiger charge is -2.19. The van der Waals surface area contributed by atoms with Crippen molar-refractivity contribution in [2.45, 2.75) is 37.4 Å². The summed E-state index contributed by atoms with van der Waals surface area (Å²) in [5, 5.41) is 48.2. The number of carboxylic acid groups (broad SMARTS) is 1. The Kier molecular flexibility index (Phi) is 8.08. The first-order valence-corrected chi connectivity index (χ1v) is 7.45. The van der Waals surface area contributed by atoms with Gasteiger partial charge in [-0.05, 0) is 13.0 Å². The Morgan fingerprint density at radius 3 is 2.31 bits per heavy atom. The molecule has 0 saturated carbocycles. The van der Waals surface area contributed by atoms with Gasteiger partial charge in [-0.15, -0.1) is 10.2 Å². The fourth-order valence-corrected chi connectivity index (χ4v) is 1.73. The zero-order valence-corrected chi connectivity index (χ0v) is 13.8. The molecular formula is C13H22N6O7. The Labute approximate surface area is 147 Å². The highest BCUT2D eigenvalue weighted by atomic mass is 16.4. The highest BCUT2D eigenvalue weighted by Gasteiger charge is 2.27. The molecule has 0 saturated heterocycles. The minimum absolute atomic E-state index is 0.0937. The number of hydrogen-bond donors (Lipinski definition) is 8. The molecule has 2 amide bonds. The van der Waals surface area contributed by atoms with E-state index in [9.17, 15) is 14.7 Å². The summed E-state index contributed by atoms with van der Waals surface area (Å²) in [7, 11) is 0. The second-order valence-electron chi connectivity index (χ2n) is 5.30. The van der Waals surface area contributed by atoms with Gasteiger partial charge in [0.05, 0.1) is 12.7 Å². The van der Waals surface area contributed by atoms with Gasteiger partial charge in [0.2, 0.25) is 11.8 Å². The summed E-state index contributed by atoms with van der Waals surface area (Å²) < 4.78 is 5.24. The van der Waals surface area contributed by atoms with Crippen LogP contribution in [0.1, 0.15) is 30.8 Å². The number of hydrogen-bond acceptors (Lipinski definition) is 10. The Morgan fingerprint density at radius 1 is 1.19 bits per heavy atom. The average molecular weight is 374 g/mol. The van der Waals surface area contributed by atoms with Crippen molar-refractivity contribution >= 4 is 12.0 Å². The summed E-state index contributed by atoms with van der Waals surface area (Å²) in [6.45, 7) is 0.744. The van der Waals surface area contributed by atoms with Crippen LogP contribution in [0.2, 0.25) is 0 Å². The molecule has 0 radical (unpaired) electrons. The highest BCUT2D eigenvalue weighted by molar-refractivity contribution is 5.83. The summed E-state index contributed by atoms with van der Waals surface area (Å²) in [6, 6.07) is -4.54. The first kappa shape index (κ1) is 21.5. The van der Waals surface area contributed by atoms with Crippen molar-refractivity contribution in [2.24, 2.45) is 11.5 Å². The van der Waals surface area contributed by atoms with Crippen molar-refractivity contribution in [2.75, 3.05) is 6.61 Å². The van der Waals surface area contributed by atoms with Gasteiger partial charge in [0.25, 0.3) is 0 Å². The standard InChI is InChI=1S/C13H22N6O7/c1-5(21)9(12(23)24)17-13(25)16-7(2-3-8(15)22)11-19-18-10(26-11)6(14)4-20/h2-3,5-9,20-22H,4,14-15H2,1H3,(H,23,24)(H2,16,17,25)/b3-2+/t5?,6-,7?,8?,9-/m0/s1. The predicted molar refractivity (Wildman–Crippen MR) is 85.2 cm³/mol. The number of aromatic nitrogens is 2. The number of carboxylic acids is 1. The number of aliphatic carboxylic acids is 1. The Morgan fingerprint density at radius 2 is 1.81 bits per heavy atom. The minimum atomic E-state index is -1.55. The van der Waals surface area contributed by atoms with Gasteiger partial charge >= 0.3 is 12.0 Å². The smallest absolute Gasteiger partial charge is 0.328 e. The summed E-state index contributed by atoms with van der Waals surface area (Å²) in [4.78, 5) is 23.0. The average Bonchev–Trinajstić information content (AvgIpc) is 3.04. The zero-order chi connectivity index (χ0) is 19.9. The molecule has 13 nitrogen and oxygen atoms in total. The van der Waals surface area contributed by atoms with Gasteiger partial charge in [-0.2, -0.15) is 0 Å². The molecular weight excluding hydrogens is 352 g/mol. The van der Waals surface area contributed by atoms with Crippen molar-refractivity contribution in [1.29, 1.82) is 0 Å².